The zero-order valence-electron chi connectivity index (χ0n) is 9.88. The van der Waals surface area contributed by atoms with Crippen molar-refractivity contribution < 1.29 is 9.90 Å². The Hall–Kier alpha value is -0.610. The number of carbonyl (C=O) groups is 1. The molecule has 0 fully saturated rings. The van der Waals surface area contributed by atoms with E-state index >= 15 is 0 Å². The Morgan fingerprint density at radius 3 is 2.60 bits per heavy atom. The highest BCUT2D eigenvalue weighted by molar-refractivity contribution is 5.76. The summed E-state index contributed by atoms with van der Waals surface area (Å²) in [5, 5.41) is 14.6. The van der Waals surface area contributed by atoms with Crippen LogP contribution in [0.3, 0.4) is 0 Å². The van der Waals surface area contributed by atoms with Crippen molar-refractivity contribution in [2.45, 2.75) is 33.1 Å². The first-order valence-corrected chi connectivity index (χ1v) is 5.75. The summed E-state index contributed by atoms with van der Waals surface area (Å²) >= 11 is 0. The van der Waals surface area contributed by atoms with E-state index in [-0.39, 0.29) is 12.5 Å². The van der Waals surface area contributed by atoms with Crippen LogP contribution < -0.4 is 10.6 Å². The number of unbranched alkanes of at least 4 members (excludes halogenated alkanes) is 1. The molecule has 0 saturated heterocycles. The van der Waals surface area contributed by atoms with E-state index in [4.69, 9.17) is 5.11 Å². The Kier molecular flexibility index (Phi) is 9.52. The maximum Gasteiger partial charge on any atom is 0.221 e. The van der Waals surface area contributed by atoms with Crippen LogP contribution in [0.15, 0.2) is 0 Å². The van der Waals surface area contributed by atoms with Crippen molar-refractivity contribution in [3.63, 3.8) is 0 Å². The van der Waals surface area contributed by atoms with Gasteiger partial charge in [-0.1, -0.05) is 13.8 Å². The van der Waals surface area contributed by atoms with Crippen LogP contribution >= 0.6 is 0 Å². The third-order valence-electron chi connectivity index (χ3n) is 2.00. The molecule has 3 N–H and O–H groups in total. The Labute approximate surface area is 92.4 Å². The Morgan fingerprint density at radius 1 is 1.27 bits per heavy atom. The first-order valence-electron chi connectivity index (χ1n) is 5.75. The lowest BCUT2D eigenvalue weighted by molar-refractivity contribution is -0.121. The molecule has 90 valence electrons. The quantitative estimate of drug-likeness (QED) is 0.492. The number of amides is 1. The van der Waals surface area contributed by atoms with Crippen molar-refractivity contribution in [3.8, 4) is 0 Å². The molecular weight excluding hydrogens is 192 g/mol. The third-order valence-corrected chi connectivity index (χ3v) is 2.00. The van der Waals surface area contributed by atoms with E-state index in [1.807, 2.05) is 0 Å². The van der Waals surface area contributed by atoms with E-state index in [1.165, 1.54) is 0 Å². The lowest BCUT2D eigenvalue weighted by Gasteiger charge is -2.08. The molecule has 0 atom stereocenters. The summed E-state index contributed by atoms with van der Waals surface area (Å²) in [5.74, 6) is 0.616. The maximum absolute atomic E-state index is 11.2. The second-order valence-corrected chi connectivity index (χ2v) is 4.13. The summed E-state index contributed by atoms with van der Waals surface area (Å²) in [4.78, 5) is 11.2. The van der Waals surface area contributed by atoms with Gasteiger partial charge in [-0.3, -0.25) is 4.79 Å². The standard InChI is InChI=1S/C11H24N2O2/c1-10(2)9-13-11(15)5-7-12-6-3-4-8-14/h10,12,14H,3-9H2,1-2H3,(H,13,15). The number of hydrogen-bond acceptors (Lipinski definition) is 3. The highest BCUT2D eigenvalue weighted by Crippen LogP contribution is 1.88. The fourth-order valence-corrected chi connectivity index (χ4v) is 1.10. The number of nitrogens with one attached hydrogen (secondary N) is 2. The lowest BCUT2D eigenvalue weighted by Crippen LogP contribution is -2.30. The van der Waals surface area contributed by atoms with Crippen LogP contribution in [0.4, 0.5) is 0 Å². The molecule has 4 heteroatoms. The highest BCUT2D eigenvalue weighted by Gasteiger charge is 2.00. The van der Waals surface area contributed by atoms with Crippen molar-refractivity contribution in [2.24, 2.45) is 5.92 Å². The summed E-state index contributed by atoms with van der Waals surface area (Å²) in [5.41, 5.74) is 0. The summed E-state index contributed by atoms with van der Waals surface area (Å²) in [6.45, 7) is 6.74. The van der Waals surface area contributed by atoms with Crippen LogP contribution in [0.2, 0.25) is 0 Å². The van der Waals surface area contributed by atoms with Crippen LogP contribution in [0, 0.1) is 5.92 Å². The van der Waals surface area contributed by atoms with Gasteiger partial charge in [0, 0.05) is 26.1 Å². The fourth-order valence-electron chi connectivity index (χ4n) is 1.10. The number of aliphatic hydroxyl groups excluding tert-OH is 1. The van der Waals surface area contributed by atoms with Gasteiger partial charge in [-0.2, -0.15) is 0 Å². The second-order valence-electron chi connectivity index (χ2n) is 4.13. The van der Waals surface area contributed by atoms with Gasteiger partial charge < -0.3 is 15.7 Å². The van der Waals surface area contributed by atoms with Crippen molar-refractivity contribution in [1.82, 2.24) is 10.6 Å². The molecule has 0 bridgehead atoms. The van der Waals surface area contributed by atoms with E-state index < -0.39 is 0 Å². The molecule has 1 amide bonds. The predicted molar refractivity (Wildman–Crippen MR) is 61.7 cm³/mol. The molecule has 0 aliphatic carbocycles. The van der Waals surface area contributed by atoms with Gasteiger partial charge in [0.25, 0.3) is 0 Å². The van der Waals surface area contributed by atoms with Gasteiger partial charge in [0.1, 0.15) is 0 Å². The van der Waals surface area contributed by atoms with Crippen LogP contribution in [0.1, 0.15) is 33.1 Å². The monoisotopic (exact) mass is 216 g/mol. The zero-order chi connectivity index (χ0) is 11.5. The SMILES string of the molecule is CC(C)CNC(=O)CCNCCCCO. The summed E-state index contributed by atoms with van der Waals surface area (Å²) in [6.07, 6.45) is 2.32. The summed E-state index contributed by atoms with van der Waals surface area (Å²) in [7, 11) is 0. The molecule has 0 unspecified atom stereocenters. The minimum atomic E-state index is 0.110. The molecular formula is C11H24N2O2. The first-order chi connectivity index (χ1) is 7.16. The van der Waals surface area contributed by atoms with Gasteiger partial charge in [-0.15, -0.1) is 0 Å². The van der Waals surface area contributed by atoms with Crippen molar-refractivity contribution in [3.05, 3.63) is 0 Å². The maximum atomic E-state index is 11.2. The molecule has 0 radical (unpaired) electrons. The van der Waals surface area contributed by atoms with Crippen molar-refractivity contribution >= 4 is 5.91 Å². The smallest absolute Gasteiger partial charge is 0.221 e. The van der Waals surface area contributed by atoms with Gasteiger partial charge in [0.15, 0.2) is 0 Å². The fraction of sp³-hybridized carbons (Fsp3) is 0.909. The Morgan fingerprint density at radius 2 is 2.00 bits per heavy atom. The normalized spacial score (nSPS) is 10.7. The third kappa shape index (κ3) is 11.3. The minimum Gasteiger partial charge on any atom is -0.396 e. The molecule has 0 aliphatic heterocycles. The molecule has 4 nitrogen and oxygen atoms in total. The van der Waals surface area contributed by atoms with Crippen LogP contribution in [-0.2, 0) is 4.79 Å². The highest BCUT2D eigenvalue weighted by atomic mass is 16.2. The second kappa shape index (κ2) is 9.93. The predicted octanol–water partition coefficient (Wildman–Crippen LogP) is 0.511. The molecule has 0 aromatic heterocycles. The molecule has 15 heavy (non-hydrogen) atoms. The average molecular weight is 216 g/mol. The van der Waals surface area contributed by atoms with Gasteiger partial charge in [0.05, 0.1) is 0 Å². The number of aliphatic hydroxyl groups is 1. The lowest BCUT2D eigenvalue weighted by atomic mass is 10.2. The van der Waals surface area contributed by atoms with Gasteiger partial charge in [0.2, 0.25) is 5.91 Å². The summed E-state index contributed by atoms with van der Waals surface area (Å²) < 4.78 is 0. The number of hydrogen-bond donors (Lipinski definition) is 3. The van der Waals surface area contributed by atoms with E-state index in [0.717, 1.165) is 32.5 Å². The zero-order valence-corrected chi connectivity index (χ0v) is 9.88. The van der Waals surface area contributed by atoms with Gasteiger partial charge >= 0.3 is 0 Å². The molecule has 0 aromatic carbocycles. The van der Waals surface area contributed by atoms with E-state index in [0.29, 0.717) is 12.3 Å². The van der Waals surface area contributed by atoms with Crippen LogP contribution in [0.25, 0.3) is 0 Å². The van der Waals surface area contributed by atoms with Crippen molar-refractivity contribution in [2.75, 3.05) is 26.2 Å². The van der Waals surface area contributed by atoms with E-state index in [1.54, 1.807) is 0 Å². The Bertz CT molecular complexity index is 161. The molecule has 0 heterocycles. The molecule has 0 spiro atoms. The number of rotatable bonds is 9. The van der Waals surface area contributed by atoms with Crippen LogP contribution in [-0.4, -0.2) is 37.3 Å². The minimum absolute atomic E-state index is 0.110. The van der Waals surface area contributed by atoms with E-state index in [2.05, 4.69) is 24.5 Å². The van der Waals surface area contributed by atoms with Gasteiger partial charge in [-0.25, -0.2) is 0 Å². The molecule has 0 aliphatic rings. The topological polar surface area (TPSA) is 61.4 Å². The van der Waals surface area contributed by atoms with E-state index in [9.17, 15) is 4.79 Å². The molecule has 0 rings (SSSR count). The molecule has 0 saturated carbocycles. The average Bonchev–Trinajstić information content (AvgIpc) is 2.20. The van der Waals surface area contributed by atoms with Crippen LogP contribution in [0.5, 0.6) is 0 Å². The summed E-state index contributed by atoms with van der Waals surface area (Å²) in [6, 6.07) is 0. The first kappa shape index (κ1) is 14.4. The largest absolute Gasteiger partial charge is 0.396 e. The van der Waals surface area contributed by atoms with Crippen molar-refractivity contribution in [1.29, 1.82) is 0 Å². The number of carbonyl (C=O) groups excluding carboxylic acids is 1. The molecule has 0 aromatic rings. The Balaban J connectivity index is 3.17. The van der Waals surface area contributed by atoms with Gasteiger partial charge in [-0.05, 0) is 25.3 Å².